The third kappa shape index (κ3) is 1.60. The zero-order valence-electron chi connectivity index (χ0n) is 10.6. The molecule has 0 amide bonds. The Morgan fingerprint density at radius 2 is 2.06 bits per heavy atom. The molecule has 1 aliphatic carbocycles. The van der Waals surface area contributed by atoms with Crippen molar-refractivity contribution in [2.45, 2.75) is 37.8 Å². The Labute approximate surface area is 98.7 Å². The van der Waals surface area contributed by atoms with Crippen LogP contribution in [0.1, 0.15) is 25.7 Å². The van der Waals surface area contributed by atoms with Crippen LogP contribution in [0.4, 0.5) is 0 Å². The number of likely N-dealkylation sites (tertiary alicyclic amines) is 2. The second kappa shape index (κ2) is 3.97. The third-order valence-electron chi connectivity index (χ3n) is 5.15. The fourth-order valence-electron chi connectivity index (χ4n) is 4.07. The molecule has 0 radical (unpaired) electrons. The van der Waals surface area contributed by atoms with Crippen molar-refractivity contribution in [3.05, 3.63) is 0 Å². The molecule has 0 aromatic rings. The zero-order valence-corrected chi connectivity index (χ0v) is 10.6. The van der Waals surface area contributed by atoms with Crippen molar-refractivity contribution in [2.24, 2.45) is 5.41 Å². The van der Waals surface area contributed by atoms with E-state index in [1.807, 2.05) is 7.11 Å². The van der Waals surface area contributed by atoms with E-state index in [2.05, 4.69) is 16.8 Å². The maximum absolute atomic E-state index is 5.48. The van der Waals surface area contributed by atoms with Gasteiger partial charge in [-0.1, -0.05) is 0 Å². The molecular weight excluding hydrogens is 200 g/mol. The number of ether oxygens (including phenoxy) is 1. The first-order chi connectivity index (χ1) is 7.73. The first-order valence-corrected chi connectivity index (χ1v) is 6.69. The Balaban J connectivity index is 1.64. The maximum atomic E-state index is 5.48. The lowest BCUT2D eigenvalue weighted by molar-refractivity contribution is -0.0143. The maximum Gasteiger partial charge on any atom is 0.0710 e. The molecule has 3 unspecified atom stereocenters. The second-order valence-corrected chi connectivity index (χ2v) is 6.05. The van der Waals surface area contributed by atoms with Gasteiger partial charge in [0.25, 0.3) is 0 Å². The van der Waals surface area contributed by atoms with Crippen LogP contribution in [0.3, 0.4) is 0 Å². The molecule has 0 aromatic carbocycles. The molecule has 3 atom stereocenters. The average molecular weight is 224 g/mol. The normalized spacial score (nSPS) is 45.4. The molecule has 1 spiro atoms. The zero-order chi connectivity index (χ0) is 11.2. The standard InChI is InChI=1S/C13H24N2O/c1-14-8-6-13(10-14)5-3-12(13)15-7-4-11(9-15)16-2/h11-12H,3-10H2,1-2H3. The van der Waals surface area contributed by atoms with E-state index >= 15 is 0 Å². The molecular formula is C13H24N2O. The second-order valence-electron chi connectivity index (χ2n) is 6.05. The van der Waals surface area contributed by atoms with Gasteiger partial charge in [-0.25, -0.2) is 0 Å². The lowest BCUT2D eigenvalue weighted by Crippen LogP contribution is -2.55. The van der Waals surface area contributed by atoms with Gasteiger partial charge < -0.3 is 9.64 Å². The minimum atomic E-state index is 0.497. The van der Waals surface area contributed by atoms with Gasteiger partial charge in [-0.15, -0.1) is 0 Å². The Hall–Kier alpha value is -0.120. The van der Waals surface area contributed by atoms with Gasteiger partial charge in [0, 0.05) is 32.8 Å². The molecule has 3 nitrogen and oxygen atoms in total. The fraction of sp³-hybridized carbons (Fsp3) is 1.00. The van der Waals surface area contributed by atoms with E-state index in [0.717, 1.165) is 6.04 Å². The van der Waals surface area contributed by atoms with Crippen LogP contribution >= 0.6 is 0 Å². The molecule has 3 fully saturated rings. The number of rotatable bonds is 2. The first-order valence-electron chi connectivity index (χ1n) is 6.69. The highest BCUT2D eigenvalue weighted by Crippen LogP contribution is 2.51. The van der Waals surface area contributed by atoms with Crippen LogP contribution in [0.5, 0.6) is 0 Å². The van der Waals surface area contributed by atoms with E-state index in [9.17, 15) is 0 Å². The van der Waals surface area contributed by atoms with Crippen LogP contribution < -0.4 is 0 Å². The van der Waals surface area contributed by atoms with Crippen LogP contribution in [0.15, 0.2) is 0 Å². The quantitative estimate of drug-likeness (QED) is 0.701. The number of methoxy groups -OCH3 is 1. The monoisotopic (exact) mass is 224 g/mol. The third-order valence-corrected chi connectivity index (χ3v) is 5.15. The van der Waals surface area contributed by atoms with Crippen LogP contribution in [0.25, 0.3) is 0 Å². The highest BCUT2D eigenvalue weighted by molar-refractivity contribution is 5.07. The van der Waals surface area contributed by atoms with Crippen molar-refractivity contribution in [1.29, 1.82) is 0 Å². The molecule has 0 bridgehead atoms. The van der Waals surface area contributed by atoms with E-state index in [1.54, 1.807) is 0 Å². The largest absolute Gasteiger partial charge is 0.380 e. The predicted octanol–water partition coefficient (Wildman–Crippen LogP) is 1.19. The minimum absolute atomic E-state index is 0.497. The number of nitrogens with zero attached hydrogens (tertiary/aromatic N) is 2. The molecule has 3 rings (SSSR count). The van der Waals surface area contributed by atoms with Crippen LogP contribution in [-0.2, 0) is 4.74 Å². The molecule has 3 aliphatic rings. The average Bonchev–Trinajstić information content (AvgIpc) is 2.84. The molecule has 0 N–H and O–H groups in total. The molecule has 92 valence electrons. The van der Waals surface area contributed by atoms with Gasteiger partial charge in [-0.3, -0.25) is 4.90 Å². The lowest BCUT2D eigenvalue weighted by Gasteiger charge is -2.51. The summed E-state index contributed by atoms with van der Waals surface area (Å²) in [7, 11) is 4.13. The van der Waals surface area contributed by atoms with Gasteiger partial charge in [-0.05, 0) is 44.7 Å². The van der Waals surface area contributed by atoms with Crippen molar-refractivity contribution < 1.29 is 4.74 Å². The molecule has 2 heterocycles. The first kappa shape index (κ1) is 11.0. The van der Waals surface area contributed by atoms with Crippen LogP contribution in [-0.4, -0.2) is 62.3 Å². The molecule has 1 saturated carbocycles. The van der Waals surface area contributed by atoms with Crippen LogP contribution in [0.2, 0.25) is 0 Å². The van der Waals surface area contributed by atoms with E-state index in [-0.39, 0.29) is 0 Å². The van der Waals surface area contributed by atoms with Gasteiger partial charge in [0.15, 0.2) is 0 Å². The van der Waals surface area contributed by atoms with Crippen molar-refractivity contribution >= 4 is 0 Å². The van der Waals surface area contributed by atoms with E-state index < -0.39 is 0 Å². The highest BCUT2D eigenvalue weighted by atomic mass is 16.5. The summed E-state index contributed by atoms with van der Waals surface area (Å²) in [6.07, 6.45) is 6.03. The summed E-state index contributed by atoms with van der Waals surface area (Å²) in [4.78, 5) is 5.22. The Morgan fingerprint density at radius 3 is 2.56 bits per heavy atom. The summed E-state index contributed by atoms with van der Waals surface area (Å²) in [6, 6.07) is 0.859. The van der Waals surface area contributed by atoms with Crippen molar-refractivity contribution in [1.82, 2.24) is 9.80 Å². The molecule has 3 heteroatoms. The van der Waals surface area contributed by atoms with Crippen molar-refractivity contribution in [2.75, 3.05) is 40.3 Å². The number of hydrogen-bond acceptors (Lipinski definition) is 3. The predicted molar refractivity (Wildman–Crippen MR) is 64.6 cm³/mol. The summed E-state index contributed by atoms with van der Waals surface area (Å²) in [5.41, 5.74) is 0.650. The molecule has 2 aliphatic heterocycles. The summed E-state index contributed by atoms with van der Waals surface area (Å²) < 4.78 is 5.48. The van der Waals surface area contributed by atoms with Gasteiger partial charge in [0.1, 0.15) is 0 Å². The van der Waals surface area contributed by atoms with Gasteiger partial charge in [-0.2, -0.15) is 0 Å². The summed E-state index contributed by atoms with van der Waals surface area (Å²) in [6.45, 7) is 5.06. The molecule has 0 aromatic heterocycles. The Morgan fingerprint density at radius 1 is 1.19 bits per heavy atom. The summed E-state index contributed by atoms with van der Waals surface area (Å²) in [5, 5.41) is 0. The van der Waals surface area contributed by atoms with E-state index in [1.165, 1.54) is 51.9 Å². The topological polar surface area (TPSA) is 15.7 Å². The summed E-state index contributed by atoms with van der Waals surface area (Å²) in [5.74, 6) is 0. The SMILES string of the molecule is COC1CCN(C2CCC23CCN(C)C3)C1. The van der Waals surface area contributed by atoms with Crippen molar-refractivity contribution in [3.63, 3.8) is 0 Å². The van der Waals surface area contributed by atoms with E-state index in [0.29, 0.717) is 11.5 Å². The van der Waals surface area contributed by atoms with E-state index in [4.69, 9.17) is 4.74 Å². The lowest BCUT2D eigenvalue weighted by atomic mass is 9.63. The van der Waals surface area contributed by atoms with Crippen molar-refractivity contribution in [3.8, 4) is 0 Å². The van der Waals surface area contributed by atoms with Gasteiger partial charge >= 0.3 is 0 Å². The van der Waals surface area contributed by atoms with Gasteiger partial charge in [0.05, 0.1) is 6.10 Å². The molecule has 2 saturated heterocycles. The van der Waals surface area contributed by atoms with Crippen LogP contribution in [0, 0.1) is 5.41 Å². The Bertz CT molecular complexity index is 271. The smallest absolute Gasteiger partial charge is 0.0710 e. The fourth-order valence-corrected chi connectivity index (χ4v) is 4.07. The summed E-state index contributed by atoms with van der Waals surface area (Å²) >= 11 is 0. The minimum Gasteiger partial charge on any atom is -0.380 e. The van der Waals surface area contributed by atoms with Gasteiger partial charge in [0.2, 0.25) is 0 Å². The number of hydrogen-bond donors (Lipinski definition) is 0. The highest BCUT2D eigenvalue weighted by Gasteiger charge is 2.52. The Kier molecular flexibility index (Phi) is 2.73. The molecule has 16 heavy (non-hydrogen) atoms.